The Morgan fingerprint density at radius 3 is 2.50 bits per heavy atom. The molecule has 5 nitrogen and oxygen atoms in total. The molecule has 2 N–H and O–H groups in total. The van der Waals surface area contributed by atoms with Gasteiger partial charge in [-0.15, -0.1) is 12.4 Å². The van der Waals surface area contributed by atoms with Crippen molar-refractivity contribution in [2.75, 3.05) is 20.1 Å². The van der Waals surface area contributed by atoms with Gasteiger partial charge < -0.3 is 15.5 Å². The minimum Gasteiger partial charge on any atom is -0.342 e. The zero-order chi connectivity index (χ0) is 13.2. The summed E-state index contributed by atoms with van der Waals surface area (Å²) in [6.45, 7) is 6.69. The molecule has 1 atom stereocenters. The first-order valence-corrected chi connectivity index (χ1v) is 6.15. The molecule has 1 heterocycles. The largest absolute Gasteiger partial charge is 0.342 e. The summed E-state index contributed by atoms with van der Waals surface area (Å²) in [5.41, 5.74) is 5.06. The molecule has 0 saturated carbocycles. The van der Waals surface area contributed by atoms with Gasteiger partial charge in [0.1, 0.15) is 5.54 Å². The molecule has 0 aromatic heterocycles. The van der Waals surface area contributed by atoms with Gasteiger partial charge in [-0.1, -0.05) is 13.3 Å². The van der Waals surface area contributed by atoms with Crippen LogP contribution in [0.1, 0.15) is 33.6 Å². The van der Waals surface area contributed by atoms with Crippen molar-refractivity contribution in [1.82, 2.24) is 9.80 Å². The summed E-state index contributed by atoms with van der Waals surface area (Å²) < 4.78 is 0. The van der Waals surface area contributed by atoms with Crippen LogP contribution in [-0.2, 0) is 9.59 Å². The van der Waals surface area contributed by atoms with Crippen LogP contribution >= 0.6 is 12.4 Å². The van der Waals surface area contributed by atoms with Crippen LogP contribution in [0.5, 0.6) is 0 Å². The lowest BCUT2D eigenvalue weighted by Crippen LogP contribution is -2.65. The highest BCUT2D eigenvalue weighted by Gasteiger charge is 2.43. The van der Waals surface area contributed by atoms with Crippen LogP contribution in [0.2, 0.25) is 0 Å². The molecule has 0 aliphatic carbocycles. The van der Waals surface area contributed by atoms with Gasteiger partial charge in [0.05, 0.1) is 6.04 Å². The topological polar surface area (TPSA) is 66.6 Å². The van der Waals surface area contributed by atoms with E-state index in [1.165, 1.54) is 0 Å². The van der Waals surface area contributed by atoms with E-state index in [0.717, 1.165) is 6.42 Å². The second-order valence-electron chi connectivity index (χ2n) is 5.17. The number of rotatable bonds is 3. The Balaban J connectivity index is 0.00000289. The van der Waals surface area contributed by atoms with Gasteiger partial charge in [0.2, 0.25) is 11.8 Å². The van der Waals surface area contributed by atoms with E-state index in [1.807, 2.05) is 6.92 Å². The van der Waals surface area contributed by atoms with Gasteiger partial charge in [-0.3, -0.25) is 9.59 Å². The Kier molecular flexibility index (Phi) is 6.10. The number of nitrogens with two attached hydrogens (primary N) is 1. The first-order valence-electron chi connectivity index (χ1n) is 6.15. The molecule has 0 aromatic rings. The zero-order valence-electron chi connectivity index (χ0n) is 11.6. The fourth-order valence-electron chi connectivity index (χ4n) is 2.23. The maximum absolute atomic E-state index is 12.2. The Hall–Kier alpha value is -0.810. The number of carbonyl (C=O) groups excluding carboxylic acids is 2. The molecule has 1 aliphatic heterocycles. The second kappa shape index (κ2) is 6.38. The molecule has 18 heavy (non-hydrogen) atoms. The molecule has 0 spiro atoms. The highest BCUT2D eigenvalue weighted by molar-refractivity contribution is 5.93. The summed E-state index contributed by atoms with van der Waals surface area (Å²) in [5, 5.41) is 0. The highest BCUT2D eigenvalue weighted by Crippen LogP contribution is 2.22. The first kappa shape index (κ1) is 17.2. The van der Waals surface area contributed by atoms with Gasteiger partial charge >= 0.3 is 0 Å². The second-order valence-corrected chi connectivity index (χ2v) is 5.17. The van der Waals surface area contributed by atoms with Crippen LogP contribution in [0.4, 0.5) is 0 Å². The predicted molar refractivity (Wildman–Crippen MR) is 73.6 cm³/mol. The predicted octanol–water partition coefficient (Wildman–Crippen LogP) is 0.615. The monoisotopic (exact) mass is 277 g/mol. The molecule has 1 fully saturated rings. The van der Waals surface area contributed by atoms with Crippen molar-refractivity contribution in [1.29, 1.82) is 0 Å². The molecule has 0 radical (unpaired) electrons. The number of likely N-dealkylation sites (N-methyl/N-ethyl adjacent to an activating group) is 1. The standard InChI is InChI=1S/C12H23N3O2.ClH/c1-5-6-9(13)10(16)15-8-7-14(4)11(17)12(15,2)3;/h9H,5-8,13H2,1-4H3;1H. The molecular formula is C12H24ClN3O2. The van der Waals surface area contributed by atoms with Crippen LogP contribution in [-0.4, -0.2) is 53.3 Å². The van der Waals surface area contributed by atoms with Gasteiger partial charge in [0.25, 0.3) is 0 Å². The summed E-state index contributed by atoms with van der Waals surface area (Å²) >= 11 is 0. The first-order chi connectivity index (χ1) is 7.82. The van der Waals surface area contributed by atoms with Crippen molar-refractivity contribution in [2.24, 2.45) is 5.73 Å². The van der Waals surface area contributed by atoms with Gasteiger partial charge in [0.15, 0.2) is 0 Å². The number of amides is 2. The fraction of sp³-hybridized carbons (Fsp3) is 0.833. The molecule has 0 aromatic carbocycles. The number of hydrogen-bond donors (Lipinski definition) is 1. The molecule has 0 bridgehead atoms. The highest BCUT2D eigenvalue weighted by atomic mass is 35.5. The summed E-state index contributed by atoms with van der Waals surface area (Å²) in [6.07, 6.45) is 1.53. The Bertz CT molecular complexity index is 320. The third-order valence-corrected chi connectivity index (χ3v) is 3.39. The van der Waals surface area contributed by atoms with Crippen molar-refractivity contribution in [3.05, 3.63) is 0 Å². The van der Waals surface area contributed by atoms with E-state index >= 15 is 0 Å². The van der Waals surface area contributed by atoms with E-state index in [9.17, 15) is 9.59 Å². The lowest BCUT2D eigenvalue weighted by Gasteiger charge is -2.45. The number of hydrogen-bond acceptors (Lipinski definition) is 3. The van der Waals surface area contributed by atoms with Gasteiger partial charge in [-0.2, -0.15) is 0 Å². The minimum atomic E-state index is -0.782. The van der Waals surface area contributed by atoms with Crippen LogP contribution in [0.15, 0.2) is 0 Å². The Morgan fingerprint density at radius 1 is 1.44 bits per heavy atom. The quantitative estimate of drug-likeness (QED) is 0.822. The van der Waals surface area contributed by atoms with Crippen molar-refractivity contribution >= 4 is 24.2 Å². The van der Waals surface area contributed by atoms with Gasteiger partial charge in [0, 0.05) is 20.1 Å². The molecule has 2 amide bonds. The van der Waals surface area contributed by atoms with Crippen LogP contribution in [0.25, 0.3) is 0 Å². The summed E-state index contributed by atoms with van der Waals surface area (Å²) in [4.78, 5) is 27.5. The van der Waals surface area contributed by atoms with E-state index in [2.05, 4.69) is 0 Å². The van der Waals surface area contributed by atoms with Crippen molar-refractivity contribution < 1.29 is 9.59 Å². The molecule has 1 saturated heterocycles. The SMILES string of the molecule is CCCC(N)C(=O)N1CCN(C)C(=O)C1(C)C.Cl. The fourth-order valence-corrected chi connectivity index (χ4v) is 2.23. The number of piperazine rings is 1. The van der Waals surface area contributed by atoms with E-state index in [0.29, 0.717) is 19.5 Å². The third-order valence-electron chi connectivity index (χ3n) is 3.39. The van der Waals surface area contributed by atoms with Gasteiger partial charge in [-0.25, -0.2) is 0 Å². The van der Waals surface area contributed by atoms with E-state index < -0.39 is 11.6 Å². The Morgan fingerprint density at radius 2 is 2.00 bits per heavy atom. The van der Waals surface area contributed by atoms with Crippen molar-refractivity contribution in [3.8, 4) is 0 Å². The molecule has 1 rings (SSSR count). The third kappa shape index (κ3) is 3.14. The summed E-state index contributed by atoms with van der Waals surface area (Å²) in [7, 11) is 1.76. The van der Waals surface area contributed by atoms with E-state index in [-0.39, 0.29) is 24.2 Å². The van der Waals surface area contributed by atoms with Crippen molar-refractivity contribution in [3.63, 3.8) is 0 Å². The molecule has 1 unspecified atom stereocenters. The maximum Gasteiger partial charge on any atom is 0.247 e. The average molecular weight is 278 g/mol. The smallest absolute Gasteiger partial charge is 0.247 e. The molecular weight excluding hydrogens is 254 g/mol. The normalized spacial score (nSPS) is 20.4. The lowest BCUT2D eigenvalue weighted by molar-refractivity contribution is -0.158. The summed E-state index contributed by atoms with van der Waals surface area (Å²) in [5.74, 6) is -0.140. The summed E-state index contributed by atoms with van der Waals surface area (Å²) in [6, 6.07) is -0.490. The maximum atomic E-state index is 12.2. The van der Waals surface area contributed by atoms with Crippen LogP contribution in [0.3, 0.4) is 0 Å². The van der Waals surface area contributed by atoms with Crippen LogP contribution in [0, 0.1) is 0 Å². The van der Waals surface area contributed by atoms with Crippen molar-refractivity contribution in [2.45, 2.75) is 45.2 Å². The number of carbonyl (C=O) groups is 2. The van der Waals surface area contributed by atoms with Crippen LogP contribution < -0.4 is 5.73 Å². The molecule has 1 aliphatic rings. The number of halogens is 1. The van der Waals surface area contributed by atoms with Gasteiger partial charge in [-0.05, 0) is 20.3 Å². The Labute approximate surface area is 115 Å². The van der Waals surface area contributed by atoms with E-state index in [4.69, 9.17) is 5.73 Å². The zero-order valence-corrected chi connectivity index (χ0v) is 12.4. The van der Waals surface area contributed by atoms with E-state index in [1.54, 1.807) is 30.7 Å². The average Bonchev–Trinajstić information content (AvgIpc) is 2.26. The molecule has 6 heteroatoms. The molecule has 106 valence electrons. The minimum absolute atomic E-state index is 0. The number of nitrogens with zero attached hydrogens (tertiary/aromatic N) is 2. The lowest BCUT2D eigenvalue weighted by atomic mass is 9.96.